The van der Waals surface area contributed by atoms with Gasteiger partial charge in [-0.1, -0.05) is 6.92 Å². The van der Waals surface area contributed by atoms with E-state index in [0.717, 1.165) is 26.2 Å². The van der Waals surface area contributed by atoms with Crippen molar-refractivity contribution in [3.05, 3.63) is 0 Å². The summed E-state index contributed by atoms with van der Waals surface area (Å²) in [5.74, 6) is -0.875. The Kier molecular flexibility index (Phi) is 5.22. The van der Waals surface area contributed by atoms with E-state index >= 15 is 0 Å². The first-order chi connectivity index (χ1) is 12.1. The molecule has 2 heterocycles. The second-order valence-electron chi connectivity index (χ2n) is 7.96. The van der Waals surface area contributed by atoms with Crippen molar-refractivity contribution in [2.24, 2.45) is 11.3 Å². The van der Waals surface area contributed by atoms with Gasteiger partial charge in [0.1, 0.15) is 6.04 Å². The molecule has 3 fully saturated rings. The normalized spacial score (nSPS) is 27.1. The summed E-state index contributed by atoms with van der Waals surface area (Å²) in [5, 5.41) is 2.13. The average Bonchev–Trinajstić information content (AvgIpc) is 3.28. The van der Waals surface area contributed by atoms with Gasteiger partial charge < -0.3 is 15.1 Å². The summed E-state index contributed by atoms with van der Waals surface area (Å²) in [6, 6.07) is -1.79. The lowest BCUT2D eigenvalue weighted by molar-refractivity contribution is -0.163. The van der Waals surface area contributed by atoms with Gasteiger partial charge in [0.05, 0.1) is 6.54 Å². The number of nitrogens with zero attached hydrogens (tertiary/aromatic N) is 3. The van der Waals surface area contributed by atoms with Crippen LogP contribution >= 0.6 is 0 Å². The molecule has 2 saturated heterocycles. The van der Waals surface area contributed by atoms with Crippen LogP contribution in [0.4, 0.5) is 13.2 Å². The molecule has 1 saturated carbocycles. The fraction of sp³-hybridized carbons (Fsp3) is 0.882. The maximum atomic E-state index is 12.8. The first-order valence-corrected chi connectivity index (χ1v) is 9.20. The van der Waals surface area contributed by atoms with Crippen LogP contribution in [-0.2, 0) is 9.59 Å². The van der Waals surface area contributed by atoms with Crippen molar-refractivity contribution in [3.63, 3.8) is 0 Å². The van der Waals surface area contributed by atoms with Crippen molar-refractivity contribution in [1.29, 1.82) is 0 Å². The summed E-state index contributed by atoms with van der Waals surface area (Å²) in [6.07, 6.45) is -4.02. The largest absolute Gasteiger partial charge is 0.408 e. The van der Waals surface area contributed by atoms with E-state index in [1.54, 1.807) is 4.90 Å². The van der Waals surface area contributed by atoms with Crippen LogP contribution < -0.4 is 5.32 Å². The Labute approximate surface area is 151 Å². The van der Waals surface area contributed by atoms with Gasteiger partial charge in [-0.15, -0.1) is 0 Å². The van der Waals surface area contributed by atoms with E-state index < -0.39 is 24.0 Å². The van der Waals surface area contributed by atoms with E-state index in [1.807, 2.05) is 0 Å². The maximum Gasteiger partial charge on any atom is 0.408 e. The van der Waals surface area contributed by atoms with Crippen LogP contribution in [0.1, 0.15) is 19.8 Å². The third-order valence-corrected chi connectivity index (χ3v) is 5.95. The lowest BCUT2D eigenvalue weighted by atomic mass is 9.93. The number of hydrogen-bond acceptors (Lipinski definition) is 4. The zero-order valence-corrected chi connectivity index (χ0v) is 15.3. The highest BCUT2D eigenvalue weighted by molar-refractivity contribution is 5.85. The second kappa shape index (κ2) is 6.99. The quantitative estimate of drug-likeness (QED) is 0.761. The molecule has 1 spiro atoms. The van der Waals surface area contributed by atoms with Gasteiger partial charge in [0.2, 0.25) is 11.8 Å². The molecule has 3 rings (SSSR count). The van der Waals surface area contributed by atoms with E-state index in [-0.39, 0.29) is 17.7 Å². The summed E-state index contributed by atoms with van der Waals surface area (Å²) in [4.78, 5) is 30.5. The third kappa shape index (κ3) is 3.98. The van der Waals surface area contributed by atoms with Gasteiger partial charge >= 0.3 is 6.18 Å². The van der Waals surface area contributed by atoms with E-state index in [4.69, 9.17) is 0 Å². The van der Waals surface area contributed by atoms with Gasteiger partial charge in [-0.25, -0.2) is 0 Å². The fourth-order valence-electron chi connectivity index (χ4n) is 3.94. The predicted molar refractivity (Wildman–Crippen MR) is 89.3 cm³/mol. The first kappa shape index (κ1) is 19.4. The number of nitrogens with one attached hydrogen (secondary N) is 1. The van der Waals surface area contributed by atoms with Crippen LogP contribution in [0.2, 0.25) is 0 Å². The maximum absolute atomic E-state index is 12.8. The molecule has 0 aromatic rings. The highest BCUT2D eigenvalue weighted by Crippen LogP contribution is 2.58. The van der Waals surface area contributed by atoms with Crippen LogP contribution in [0.15, 0.2) is 0 Å². The molecule has 148 valence electrons. The Hall–Kier alpha value is -1.35. The topological polar surface area (TPSA) is 55.9 Å². The molecule has 3 aliphatic rings. The molecule has 0 bridgehead atoms. The van der Waals surface area contributed by atoms with Gasteiger partial charge in [0, 0.05) is 50.6 Å². The summed E-state index contributed by atoms with van der Waals surface area (Å²) in [6.45, 7) is 6.37. The Morgan fingerprint density at radius 1 is 1.19 bits per heavy atom. The summed E-state index contributed by atoms with van der Waals surface area (Å²) >= 11 is 0. The molecule has 1 N–H and O–H groups in total. The molecular weight excluding hydrogens is 349 g/mol. The summed E-state index contributed by atoms with van der Waals surface area (Å²) in [7, 11) is 2.05. The molecule has 2 atom stereocenters. The van der Waals surface area contributed by atoms with Crippen LogP contribution in [0, 0.1) is 11.3 Å². The summed E-state index contributed by atoms with van der Waals surface area (Å²) in [5.41, 5.74) is -0.286. The molecule has 0 aromatic carbocycles. The number of likely N-dealkylation sites (N-methyl/N-ethyl adjacent to an activating group) is 1. The Bertz CT molecular complexity index is 555. The lowest BCUT2D eigenvalue weighted by Crippen LogP contribution is -2.57. The Morgan fingerprint density at radius 3 is 2.35 bits per heavy atom. The van der Waals surface area contributed by atoms with Crippen molar-refractivity contribution >= 4 is 11.8 Å². The van der Waals surface area contributed by atoms with Gasteiger partial charge in [-0.2, -0.15) is 13.2 Å². The van der Waals surface area contributed by atoms with Gasteiger partial charge in [0.15, 0.2) is 0 Å². The number of carbonyl (C=O) groups excluding carboxylic acids is 2. The van der Waals surface area contributed by atoms with Crippen molar-refractivity contribution in [1.82, 2.24) is 20.0 Å². The number of amides is 2. The molecule has 0 aromatic heterocycles. The van der Waals surface area contributed by atoms with Gasteiger partial charge in [0.25, 0.3) is 0 Å². The average molecular weight is 376 g/mol. The summed E-state index contributed by atoms with van der Waals surface area (Å²) < 4.78 is 38.4. The minimum absolute atomic E-state index is 0.0490. The highest BCUT2D eigenvalue weighted by Gasteiger charge is 2.65. The van der Waals surface area contributed by atoms with Crippen LogP contribution in [0.25, 0.3) is 0 Å². The van der Waals surface area contributed by atoms with Crippen molar-refractivity contribution in [2.45, 2.75) is 32.0 Å². The Balaban J connectivity index is 1.42. The van der Waals surface area contributed by atoms with E-state index in [9.17, 15) is 22.8 Å². The van der Waals surface area contributed by atoms with Crippen molar-refractivity contribution in [2.75, 3.05) is 52.9 Å². The number of piperazine rings is 1. The molecule has 9 heteroatoms. The minimum atomic E-state index is -4.42. The zero-order valence-electron chi connectivity index (χ0n) is 15.3. The standard InChI is InChI=1S/C17H27F3N4O2/c1-3-13(17(18,19)20)21-15(26)12-8-16(12)10-24(11-16)14(25)9-23-6-4-22(2)5-7-23/h12-13H,3-11H2,1-2H3,(H,21,26). The molecule has 2 aliphatic heterocycles. The molecule has 2 amide bonds. The van der Waals surface area contributed by atoms with Gasteiger partial charge in [-0.05, 0) is 19.9 Å². The number of hydrogen-bond donors (Lipinski definition) is 1. The van der Waals surface area contributed by atoms with Crippen LogP contribution in [-0.4, -0.2) is 91.6 Å². The van der Waals surface area contributed by atoms with Gasteiger partial charge in [-0.3, -0.25) is 14.5 Å². The first-order valence-electron chi connectivity index (χ1n) is 9.20. The molecule has 1 aliphatic carbocycles. The van der Waals surface area contributed by atoms with E-state index in [0.29, 0.717) is 26.1 Å². The number of likely N-dealkylation sites (tertiary alicyclic amines) is 1. The fourth-order valence-corrected chi connectivity index (χ4v) is 3.94. The molecule has 26 heavy (non-hydrogen) atoms. The van der Waals surface area contributed by atoms with Crippen molar-refractivity contribution < 1.29 is 22.8 Å². The van der Waals surface area contributed by atoms with E-state index in [2.05, 4.69) is 22.2 Å². The number of halogens is 3. The molecule has 6 nitrogen and oxygen atoms in total. The lowest BCUT2D eigenvalue weighted by Gasteiger charge is -2.42. The smallest absolute Gasteiger partial charge is 0.344 e. The highest BCUT2D eigenvalue weighted by atomic mass is 19.4. The zero-order chi connectivity index (χ0) is 19.1. The molecule has 0 radical (unpaired) electrons. The second-order valence-corrected chi connectivity index (χ2v) is 7.96. The van der Waals surface area contributed by atoms with Crippen molar-refractivity contribution in [3.8, 4) is 0 Å². The molecule has 2 unspecified atom stereocenters. The number of alkyl halides is 3. The van der Waals surface area contributed by atoms with Crippen LogP contribution in [0.3, 0.4) is 0 Å². The van der Waals surface area contributed by atoms with E-state index in [1.165, 1.54) is 6.92 Å². The van der Waals surface area contributed by atoms with Crippen LogP contribution in [0.5, 0.6) is 0 Å². The minimum Gasteiger partial charge on any atom is -0.344 e. The monoisotopic (exact) mass is 376 g/mol. The number of rotatable bonds is 5. The Morgan fingerprint density at radius 2 is 1.81 bits per heavy atom. The molecular formula is C17H27F3N4O2. The number of carbonyl (C=O) groups is 2. The SMILES string of the molecule is CCC(NC(=O)C1CC12CN(C(=O)CN1CCN(C)CC1)C2)C(F)(F)F. The third-order valence-electron chi connectivity index (χ3n) is 5.95. The predicted octanol–water partition coefficient (Wildman–Crippen LogP) is 0.539.